The monoisotopic (exact) mass is 437 g/mol. The number of hydrogen-bond donors (Lipinski definition) is 3. The van der Waals surface area contributed by atoms with E-state index < -0.39 is 35.7 Å². The number of benzene rings is 2. The second-order valence-electron chi connectivity index (χ2n) is 5.73. The lowest BCUT2D eigenvalue weighted by Gasteiger charge is -2.23. The molecule has 0 aliphatic heterocycles. The highest BCUT2D eigenvalue weighted by atomic mass is 79.9. The highest BCUT2D eigenvalue weighted by molar-refractivity contribution is 9.10. The lowest BCUT2D eigenvalue weighted by atomic mass is 9.96. The van der Waals surface area contributed by atoms with Gasteiger partial charge in [0.25, 0.3) is 0 Å². The largest absolute Gasteiger partial charge is 0.505 e. The third-order valence-electron chi connectivity index (χ3n) is 3.64. The van der Waals surface area contributed by atoms with Gasteiger partial charge in [-0.3, -0.25) is 5.32 Å². The number of anilines is 1. The number of aliphatic carboxylic acids is 1. The summed E-state index contributed by atoms with van der Waals surface area (Å²) in [5.41, 5.74) is 0.770. The predicted molar refractivity (Wildman–Crippen MR) is 101 cm³/mol. The summed E-state index contributed by atoms with van der Waals surface area (Å²) in [5, 5.41) is 20.7. The molecule has 2 aromatic rings. The molecule has 0 unspecified atom stereocenters. The molecule has 0 aliphatic rings. The van der Waals surface area contributed by atoms with Crippen molar-refractivity contribution < 1.29 is 28.9 Å². The minimum atomic E-state index is -1.16. The molecule has 27 heavy (non-hydrogen) atoms. The summed E-state index contributed by atoms with van der Waals surface area (Å²) in [6.45, 7) is 1.63. The van der Waals surface area contributed by atoms with Crippen LogP contribution in [0.1, 0.15) is 18.6 Å². The van der Waals surface area contributed by atoms with E-state index in [1.165, 1.54) is 12.1 Å². The van der Waals surface area contributed by atoms with Gasteiger partial charge in [-0.05, 0) is 42.0 Å². The van der Waals surface area contributed by atoms with Crippen molar-refractivity contribution in [2.24, 2.45) is 5.92 Å². The van der Waals surface area contributed by atoms with Gasteiger partial charge in [0.05, 0.1) is 0 Å². The summed E-state index contributed by atoms with van der Waals surface area (Å²) in [4.78, 5) is 23.0. The van der Waals surface area contributed by atoms with Gasteiger partial charge in [-0.1, -0.05) is 35.0 Å². The maximum absolute atomic E-state index is 13.7. The van der Waals surface area contributed by atoms with Crippen LogP contribution in [-0.4, -0.2) is 22.3 Å². The van der Waals surface area contributed by atoms with E-state index in [9.17, 15) is 19.1 Å². The van der Waals surface area contributed by atoms with Gasteiger partial charge in [-0.25, -0.2) is 14.0 Å². The number of nitrogens with one attached hydrogen (secondary N) is 1. The third-order valence-corrected chi connectivity index (χ3v) is 4.17. The molecule has 0 radical (unpaired) electrons. The molecule has 0 heterocycles. The first kappa shape index (κ1) is 20.4. The van der Waals surface area contributed by atoms with Crippen LogP contribution >= 0.6 is 15.9 Å². The molecule has 2 aromatic carbocycles. The van der Waals surface area contributed by atoms with Crippen LogP contribution < -0.4 is 5.32 Å². The summed E-state index contributed by atoms with van der Waals surface area (Å²) in [5.74, 6) is -3.13. The molecule has 0 bridgehead atoms. The van der Waals surface area contributed by atoms with Crippen LogP contribution in [-0.2, 0) is 9.53 Å². The van der Waals surface area contributed by atoms with E-state index in [-0.39, 0.29) is 5.56 Å². The van der Waals surface area contributed by atoms with E-state index in [4.69, 9.17) is 9.84 Å². The first-order chi connectivity index (χ1) is 12.8. The van der Waals surface area contributed by atoms with Crippen LogP contribution in [0.3, 0.4) is 0 Å². The van der Waals surface area contributed by atoms with Gasteiger partial charge in [0, 0.05) is 22.2 Å². The van der Waals surface area contributed by atoms with Crippen LogP contribution in [0.4, 0.5) is 14.9 Å². The molecule has 8 heteroatoms. The topological polar surface area (TPSA) is 95.9 Å². The van der Waals surface area contributed by atoms with Crippen LogP contribution in [0.15, 0.2) is 59.1 Å². The molecular weight excluding hydrogens is 421 g/mol. The minimum Gasteiger partial charge on any atom is -0.505 e. The number of halogens is 2. The average Bonchev–Trinajstić information content (AvgIpc) is 2.62. The molecule has 3 N–H and O–H groups in total. The maximum Gasteiger partial charge on any atom is 0.412 e. The number of carboxylic acid groups (broad SMARTS) is 1. The number of phenolic OH excluding ortho intramolecular Hbond substituents is 1. The van der Waals surface area contributed by atoms with E-state index in [0.717, 1.165) is 22.7 Å². The molecule has 0 fully saturated rings. The van der Waals surface area contributed by atoms with Gasteiger partial charge in [0.1, 0.15) is 6.10 Å². The Morgan fingerprint density at radius 2 is 1.89 bits per heavy atom. The van der Waals surface area contributed by atoms with Gasteiger partial charge in [-0.2, -0.15) is 0 Å². The van der Waals surface area contributed by atoms with E-state index >= 15 is 0 Å². The molecule has 2 atom stereocenters. The normalized spacial score (nSPS) is 13.1. The first-order valence-electron chi connectivity index (χ1n) is 7.89. The standard InChI is InChI=1S/C19H17BrFNO5/c1-11(2-9-17(24)25)18(12-3-8-16(23)15(21)10-12)27-19(26)22-14-6-4-13(20)5-7-14/h2-11,18,23H,1H3,(H,22,26)(H,24,25)/b9-2+/t11-,18-/m0/s1. The summed E-state index contributed by atoms with van der Waals surface area (Å²) in [6.07, 6.45) is 0.507. The molecular formula is C19H17BrFNO5. The van der Waals surface area contributed by atoms with Crippen molar-refractivity contribution >= 4 is 33.7 Å². The quantitative estimate of drug-likeness (QED) is 0.560. The van der Waals surface area contributed by atoms with E-state index in [2.05, 4.69) is 21.2 Å². The highest BCUT2D eigenvalue weighted by Crippen LogP contribution is 2.30. The Labute approximate surface area is 163 Å². The van der Waals surface area contributed by atoms with Gasteiger partial charge in [-0.15, -0.1) is 0 Å². The Bertz CT molecular complexity index is 854. The van der Waals surface area contributed by atoms with Crippen LogP contribution in [0.5, 0.6) is 5.75 Å². The SMILES string of the molecule is C[C@@H](/C=C/C(=O)O)[C@H](OC(=O)Nc1ccc(Br)cc1)c1ccc(O)c(F)c1. The zero-order chi connectivity index (χ0) is 20.0. The maximum atomic E-state index is 13.7. The summed E-state index contributed by atoms with van der Waals surface area (Å²) >= 11 is 3.29. The first-order valence-corrected chi connectivity index (χ1v) is 8.68. The molecule has 0 aliphatic carbocycles. The fraction of sp³-hybridized carbons (Fsp3) is 0.158. The van der Waals surface area contributed by atoms with Crippen molar-refractivity contribution in [3.63, 3.8) is 0 Å². The zero-order valence-electron chi connectivity index (χ0n) is 14.2. The third kappa shape index (κ3) is 6.10. The Morgan fingerprint density at radius 1 is 1.22 bits per heavy atom. The number of carbonyl (C=O) groups is 2. The number of phenols is 1. The molecule has 142 valence electrons. The minimum absolute atomic E-state index is 0.277. The second kappa shape index (κ2) is 9.18. The number of ether oxygens (including phenoxy) is 1. The molecule has 2 rings (SSSR count). The van der Waals surface area contributed by atoms with Crippen molar-refractivity contribution in [1.29, 1.82) is 0 Å². The summed E-state index contributed by atoms with van der Waals surface area (Å²) < 4.78 is 20.0. The number of rotatable bonds is 6. The van der Waals surface area contributed by atoms with Gasteiger partial charge in [0.15, 0.2) is 11.6 Å². The number of hydrogen-bond acceptors (Lipinski definition) is 4. The number of carboxylic acids is 1. The highest BCUT2D eigenvalue weighted by Gasteiger charge is 2.23. The van der Waals surface area contributed by atoms with Gasteiger partial charge < -0.3 is 14.9 Å². The lowest BCUT2D eigenvalue weighted by molar-refractivity contribution is -0.131. The predicted octanol–water partition coefficient (Wildman–Crippen LogP) is 4.86. The molecule has 6 nitrogen and oxygen atoms in total. The summed E-state index contributed by atoms with van der Waals surface area (Å²) in [6, 6.07) is 10.4. The Hall–Kier alpha value is -2.87. The number of carbonyl (C=O) groups excluding carboxylic acids is 1. The molecule has 0 saturated carbocycles. The molecule has 1 amide bonds. The van der Waals surface area contributed by atoms with E-state index in [1.807, 2.05) is 0 Å². The van der Waals surface area contributed by atoms with Crippen molar-refractivity contribution in [2.45, 2.75) is 13.0 Å². The molecule has 0 spiro atoms. The van der Waals surface area contributed by atoms with Crippen LogP contribution in [0, 0.1) is 11.7 Å². The fourth-order valence-electron chi connectivity index (χ4n) is 2.31. The average molecular weight is 438 g/mol. The number of amides is 1. The molecule has 0 aromatic heterocycles. The van der Waals surface area contributed by atoms with Gasteiger partial charge in [0.2, 0.25) is 0 Å². The second-order valence-corrected chi connectivity index (χ2v) is 6.64. The lowest BCUT2D eigenvalue weighted by Crippen LogP contribution is -2.21. The molecule has 0 saturated heterocycles. The van der Waals surface area contributed by atoms with Gasteiger partial charge >= 0.3 is 12.1 Å². The summed E-state index contributed by atoms with van der Waals surface area (Å²) in [7, 11) is 0. The van der Waals surface area contributed by atoms with Crippen LogP contribution in [0.25, 0.3) is 0 Å². The zero-order valence-corrected chi connectivity index (χ0v) is 15.8. The van der Waals surface area contributed by atoms with E-state index in [0.29, 0.717) is 5.69 Å². The number of aromatic hydroxyl groups is 1. The van der Waals surface area contributed by atoms with Crippen molar-refractivity contribution in [3.8, 4) is 5.75 Å². The fourth-order valence-corrected chi connectivity index (χ4v) is 2.57. The van der Waals surface area contributed by atoms with Crippen molar-refractivity contribution in [2.75, 3.05) is 5.32 Å². The van der Waals surface area contributed by atoms with E-state index in [1.54, 1.807) is 31.2 Å². The smallest absolute Gasteiger partial charge is 0.412 e. The van der Waals surface area contributed by atoms with Crippen molar-refractivity contribution in [1.82, 2.24) is 0 Å². The van der Waals surface area contributed by atoms with Crippen LogP contribution in [0.2, 0.25) is 0 Å². The Kier molecular flexibility index (Phi) is 6.95. The Morgan fingerprint density at radius 3 is 2.48 bits per heavy atom. The Balaban J connectivity index is 2.22. The van der Waals surface area contributed by atoms with Crippen molar-refractivity contribution in [3.05, 3.63) is 70.5 Å².